The summed E-state index contributed by atoms with van der Waals surface area (Å²) in [7, 11) is 0. The number of nitrogen functional groups attached to an aromatic ring is 1. The van der Waals surface area contributed by atoms with Crippen LogP contribution in [0.4, 0.5) is 18.9 Å². The largest absolute Gasteiger partial charge is 0.573 e. The highest BCUT2D eigenvalue weighted by molar-refractivity contribution is 5.95. The summed E-state index contributed by atoms with van der Waals surface area (Å²) in [5.74, 6) is -1.94. The van der Waals surface area contributed by atoms with Crippen LogP contribution in [0.15, 0.2) is 6.20 Å². The average Bonchev–Trinajstić information content (AvgIpc) is 2.18. The summed E-state index contributed by atoms with van der Waals surface area (Å²) in [6, 6.07) is 1.44. The van der Waals surface area contributed by atoms with E-state index in [9.17, 15) is 18.0 Å². The molecule has 1 amide bonds. The van der Waals surface area contributed by atoms with Crippen molar-refractivity contribution in [3.63, 3.8) is 0 Å². The molecule has 0 aliphatic rings. The molecule has 0 saturated carbocycles. The van der Waals surface area contributed by atoms with E-state index in [0.717, 1.165) is 0 Å². The molecule has 0 spiro atoms. The Balaban J connectivity index is 3.32. The van der Waals surface area contributed by atoms with Gasteiger partial charge in [0.05, 0.1) is 11.9 Å². The van der Waals surface area contributed by atoms with Crippen LogP contribution in [0.2, 0.25) is 0 Å². The van der Waals surface area contributed by atoms with Gasteiger partial charge in [0.25, 0.3) is 5.91 Å². The second kappa shape index (κ2) is 4.17. The molecule has 9 heteroatoms. The Morgan fingerprint density at radius 1 is 1.53 bits per heavy atom. The zero-order valence-corrected chi connectivity index (χ0v) is 8.08. The molecule has 1 heterocycles. The van der Waals surface area contributed by atoms with Gasteiger partial charge in [-0.05, 0) is 0 Å². The summed E-state index contributed by atoms with van der Waals surface area (Å²) in [4.78, 5) is 14.1. The highest BCUT2D eigenvalue weighted by Crippen LogP contribution is 2.30. The second-order valence-electron chi connectivity index (χ2n) is 2.78. The van der Waals surface area contributed by atoms with E-state index in [-0.39, 0.29) is 0 Å². The standard InChI is InChI=1S/C8H5F3N4O2/c9-8(10,11)17-4-2-15-6(7(14)16)3(1-12)5(4)13/h2H,(H2,13,15)(H2,14,16). The summed E-state index contributed by atoms with van der Waals surface area (Å²) in [5.41, 5.74) is 8.39. The van der Waals surface area contributed by atoms with Crippen LogP contribution >= 0.6 is 0 Å². The average molecular weight is 246 g/mol. The molecule has 0 bridgehead atoms. The minimum atomic E-state index is -4.98. The number of amides is 1. The summed E-state index contributed by atoms with van der Waals surface area (Å²) >= 11 is 0. The number of anilines is 1. The molecule has 0 aliphatic heterocycles. The van der Waals surface area contributed by atoms with Gasteiger partial charge in [0, 0.05) is 0 Å². The maximum absolute atomic E-state index is 11.9. The molecule has 0 unspecified atom stereocenters. The number of hydrogen-bond donors (Lipinski definition) is 2. The van der Waals surface area contributed by atoms with Crippen molar-refractivity contribution in [2.75, 3.05) is 5.73 Å². The number of carbonyl (C=O) groups excluding carboxylic acids is 1. The van der Waals surface area contributed by atoms with Crippen LogP contribution in [0.25, 0.3) is 0 Å². The number of pyridine rings is 1. The van der Waals surface area contributed by atoms with E-state index < -0.39 is 35.0 Å². The molecule has 0 atom stereocenters. The molecular formula is C8H5F3N4O2. The first-order valence-corrected chi connectivity index (χ1v) is 4.00. The topological polar surface area (TPSA) is 115 Å². The fourth-order valence-corrected chi connectivity index (χ4v) is 1.01. The highest BCUT2D eigenvalue weighted by atomic mass is 19.4. The first kappa shape index (κ1) is 12.6. The van der Waals surface area contributed by atoms with E-state index in [2.05, 4.69) is 9.72 Å². The third-order valence-electron chi connectivity index (χ3n) is 1.65. The van der Waals surface area contributed by atoms with Crippen LogP contribution < -0.4 is 16.2 Å². The lowest BCUT2D eigenvalue weighted by Gasteiger charge is -2.12. The first-order chi connectivity index (χ1) is 7.76. The molecule has 4 N–H and O–H groups in total. The van der Waals surface area contributed by atoms with Gasteiger partial charge >= 0.3 is 6.36 Å². The molecule has 90 valence electrons. The number of nitriles is 1. The summed E-state index contributed by atoms with van der Waals surface area (Å²) in [5, 5.41) is 8.66. The van der Waals surface area contributed by atoms with E-state index in [1.54, 1.807) is 0 Å². The number of nitrogens with zero attached hydrogens (tertiary/aromatic N) is 2. The maximum atomic E-state index is 11.9. The van der Waals surface area contributed by atoms with Crippen molar-refractivity contribution < 1.29 is 22.7 Å². The number of hydrogen-bond acceptors (Lipinski definition) is 5. The Hall–Kier alpha value is -2.50. The van der Waals surface area contributed by atoms with Crippen LogP contribution in [-0.2, 0) is 0 Å². The third kappa shape index (κ3) is 2.75. The number of aromatic nitrogens is 1. The van der Waals surface area contributed by atoms with Gasteiger partial charge in [-0.2, -0.15) is 5.26 Å². The van der Waals surface area contributed by atoms with Gasteiger partial charge in [0.1, 0.15) is 17.3 Å². The van der Waals surface area contributed by atoms with Crippen LogP contribution in [0.5, 0.6) is 5.75 Å². The zero-order chi connectivity index (χ0) is 13.2. The molecule has 17 heavy (non-hydrogen) atoms. The van der Waals surface area contributed by atoms with Gasteiger partial charge < -0.3 is 16.2 Å². The molecule has 6 nitrogen and oxygen atoms in total. The third-order valence-corrected chi connectivity index (χ3v) is 1.65. The van der Waals surface area contributed by atoms with Crippen molar-refractivity contribution >= 4 is 11.6 Å². The van der Waals surface area contributed by atoms with Gasteiger partial charge in [0.15, 0.2) is 5.75 Å². The SMILES string of the molecule is N#Cc1c(C(N)=O)ncc(OC(F)(F)F)c1N. The Morgan fingerprint density at radius 2 is 2.12 bits per heavy atom. The van der Waals surface area contributed by atoms with Crippen molar-refractivity contribution in [1.82, 2.24) is 4.98 Å². The second-order valence-corrected chi connectivity index (χ2v) is 2.78. The van der Waals surface area contributed by atoms with Crippen LogP contribution in [-0.4, -0.2) is 17.3 Å². The molecule has 0 saturated heterocycles. The predicted octanol–water partition coefficient (Wildman–Crippen LogP) is 0.533. The summed E-state index contributed by atoms with van der Waals surface area (Å²) < 4.78 is 39.3. The Labute approximate surface area is 92.6 Å². The fraction of sp³-hybridized carbons (Fsp3) is 0.125. The monoisotopic (exact) mass is 246 g/mol. The lowest BCUT2D eigenvalue weighted by atomic mass is 10.1. The van der Waals surface area contributed by atoms with Crippen molar-refractivity contribution in [2.45, 2.75) is 6.36 Å². The summed E-state index contributed by atoms with van der Waals surface area (Å²) in [6.07, 6.45) is -4.40. The smallest absolute Gasteiger partial charge is 0.402 e. The molecule has 1 aromatic rings. The molecule has 1 rings (SSSR count). The van der Waals surface area contributed by atoms with E-state index >= 15 is 0 Å². The molecule has 0 radical (unpaired) electrons. The molecule has 1 aromatic heterocycles. The van der Waals surface area contributed by atoms with Crippen molar-refractivity contribution in [3.8, 4) is 11.8 Å². The number of alkyl halides is 3. The van der Waals surface area contributed by atoms with E-state index in [0.29, 0.717) is 6.20 Å². The van der Waals surface area contributed by atoms with Crippen LogP contribution in [0.3, 0.4) is 0 Å². The predicted molar refractivity (Wildman–Crippen MR) is 48.6 cm³/mol. The quantitative estimate of drug-likeness (QED) is 0.789. The van der Waals surface area contributed by atoms with E-state index in [1.165, 1.54) is 6.07 Å². The number of halogens is 3. The first-order valence-electron chi connectivity index (χ1n) is 4.00. The number of rotatable bonds is 2. The number of primary amides is 1. The Morgan fingerprint density at radius 3 is 2.53 bits per heavy atom. The fourth-order valence-electron chi connectivity index (χ4n) is 1.01. The lowest BCUT2D eigenvalue weighted by molar-refractivity contribution is -0.274. The van der Waals surface area contributed by atoms with E-state index in [4.69, 9.17) is 16.7 Å². The van der Waals surface area contributed by atoms with Crippen molar-refractivity contribution in [1.29, 1.82) is 5.26 Å². The van der Waals surface area contributed by atoms with E-state index in [1.807, 2.05) is 0 Å². The Bertz CT molecular complexity index is 507. The normalized spacial score (nSPS) is 10.7. The minimum absolute atomic E-state index is 0.514. The van der Waals surface area contributed by atoms with Gasteiger partial charge in [-0.1, -0.05) is 0 Å². The minimum Gasteiger partial charge on any atom is -0.402 e. The summed E-state index contributed by atoms with van der Waals surface area (Å²) in [6.45, 7) is 0. The van der Waals surface area contributed by atoms with Crippen LogP contribution in [0.1, 0.15) is 16.1 Å². The van der Waals surface area contributed by atoms with Gasteiger partial charge in [-0.3, -0.25) is 4.79 Å². The van der Waals surface area contributed by atoms with Gasteiger partial charge in [0.2, 0.25) is 0 Å². The lowest BCUT2D eigenvalue weighted by Crippen LogP contribution is -2.21. The van der Waals surface area contributed by atoms with Crippen molar-refractivity contribution in [2.24, 2.45) is 5.73 Å². The van der Waals surface area contributed by atoms with Gasteiger partial charge in [-0.15, -0.1) is 13.2 Å². The highest BCUT2D eigenvalue weighted by Gasteiger charge is 2.33. The molecule has 0 aliphatic carbocycles. The maximum Gasteiger partial charge on any atom is 0.573 e. The van der Waals surface area contributed by atoms with Gasteiger partial charge in [-0.25, -0.2) is 4.98 Å². The molecule has 0 aromatic carbocycles. The molecular weight excluding hydrogens is 241 g/mol. The Kier molecular flexibility index (Phi) is 3.08. The number of ether oxygens (including phenoxy) is 1. The number of nitrogens with two attached hydrogens (primary N) is 2. The molecule has 0 fully saturated rings. The van der Waals surface area contributed by atoms with Crippen LogP contribution in [0, 0.1) is 11.3 Å². The van der Waals surface area contributed by atoms with Crippen molar-refractivity contribution in [3.05, 3.63) is 17.5 Å². The zero-order valence-electron chi connectivity index (χ0n) is 8.08. The number of carbonyl (C=O) groups is 1.